The van der Waals surface area contributed by atoms with E-state index in [0.717, 1.165) is 31.0 Å². The van der Waals surface area contributed by atoms with E-state index in [4.69, 9.17) is 16.3 Å². The Bertz CT molecular complexity index is 1300. The molecule has 0 saturated heterocycles. The summed E-state index contributed by atoms with van der Waals surface area (Å²) < 4.78 is 75.2. The zero-order valence-corrected chi connectivity index (χ0v) is 19.4. The minimum absolute atomic E-state index is 0.0359. The summed E-state index contributed by atoms with van der Waals surface area (Å²) in [5.74, 6) is -2.57. The minimum Gasteiger partial charge on any atom is -0.491 e. The van der Waals surface area contributed by atoms with Crippen molar-refractivity contribution < 1.29 is 26.3 Å². The van der Waals surface area contributed by atoms with Crippen molar-refractivity contribution in [1.29, 1.82) is 0 Å². The van der Waals surface area contributed by atoms with E-state index in [2.05, 4.69) is 9.71 Å². The summed E-state index contributed by atoms with van der Waals surface area (Å²) in [5.41, 5.74) is 2.41. The van der Waals surface area contributed by atoms with Crippen LogP contribution in [0, 0.1) is 23.4 Å². The minimum atomic E-state index is -4.24. The molecule has 4 rings (SSSR count). The molecular formula is C22H18ClF3N2O3S2. The van der Waals surface area contributed by atoms with E-state index in [1.807, 2.05) is 6.08 Å². The average Bonchev–Trinajstić information content (AvgIpc) is 3.26. The van der Waals surface area contributed by atoms with Crippen molar-refractivity contribution in [2.75, 3.05) is 11.3 Å². The number of anilines is 1. The van der Waals surface area contributed by atoms with Crippen LogP contribution in [0.5, 0.6) is 5.75 Å². The fourth-order valence-corrected chi connectivity index (χ4v) is 5.57. The second-order valence-corrected chi connectivity index (χ2v) is 10.2. The smallest absolute Gasteiger partial charge is 0.266 e. The van der Waals surface area contributed by atoms with Crippen LogP contribution in [0.1, 0.15) is 24.8 Å². The lowest BCUT2D eigenvalue weighted by molar-refractivity contribution is 0.267. The first-order chi connectivity index (χ1) is 15.7. The summed E-state index contributed by atoms with van der Waals surface area (Å²) in [7, 11) is -4.24. The number of thiazole rings is 1. The lowest BCUT2D eigenvalue weighted by Gasteiger charge is -2.25. The predicted molar refractivity (Wildman–Crippen MR) is 122 cm³/mol. The maximum atomic E-state index is 14.7. The Morgan fingerprint density at radius 1 is 1.18 bits per heavy atom. The molecule has 33 heavy (non-hydrogen) atoms. The summed E-state index contributed by atoms with van der Waals surface area (Å²) in [5, 5.41) is 1.37. The Kier molecular flexibility index (Phi) is 6.96. The van der Waals surface area contributed by atoms with Crippen LogP contribution in [-0.4, -0.2) is 20.0 Å². The monoisotopic (exact) mass is 514 g/mol. The molecule has 1 unspecified atom stereocenters. The first-order valence-electron chi connectivity index (χ1n) is 9.93. The van der Waals surface area contributed by atoms with Crippen LogP contribution in [0.25, 0.3) is 5.57 Å². The maximum Gasteiger partial charge on any atom is 0.266 e. The third kappa shape index (κ3) is 5.34. The van der Waals surface area contributed by atoms with E-state index in [-0.39, 0.29) is 34.7 Å². The number of allylic oxidation sites excluding steroid dienone is 1. The van der Waals surface area contributed by atoms with Gasteiger partial charge in [0.2, 0.25) is 0 Å². The molecule has 1 N–H and O–H groups in total. The van der Waals surface area contributed by atoms with Crippen molar-refractivity contribution >= 4 is 44.4 Å². The predicted octanol–water partition coefficient (Wildman–Crippen LogP) is 6.28. The molecule has 1 aliphatic rings. The number of hydrogen-bond acceptors (Lipinski definition) is 5. The summed E-state index contributed by atoms with van der Waals surface area (Å²) in [6.07, 6.45) is 4.17. The van der Waals surface area contributed by atoms with Gasteiger partial charge in [-0.05, 0) is 43.0 Å². The largest absolute Gasteiger partial charge is 0.491 e. The Balaban J connectivity index is 1.53. The summed E-state index contributed by atoms with van der Waals surface area (Å²) in [6.45, 7) is 0.0605. The highest BCUT2D eigenvalue weighted by Gasteiger charge is 2.25. The molecule has 5 nitrogen and oxygen atoms in total. The standard InChI is InChI=1S/C22H18ClF3N2O3S2/c23-17-8-21(33(29,30)28-22-11-32-12-27-22)19(26)9-20(17)31-10-13-3-1-2-4-15(13)16-6-5-14(24)7-18(16)25/h4-9,11-13,28H,1-3,10H2. The number of aromatic nitrogens is 1. The zero-order valence-electron chi connectivity index (χ0n) is 17.0. The van der Waals surface area contributed by atoms with E-state index in [1.165, 1.54) is 34.4 Å². The van der Waals surface area contributed by atoms with Crippen LogP contribution in [0.4, 0.5) is 19.0 Å². The Labute approximate surface area is 197 Å². The first-order valence-corrected chi connectivity index (χ1v) is 12.7. The molecule has 1 aromatic heterocycles. The van der Waals surface area contributed by atoms with Crippen LogP contribution >= 0.6 is 22.9 Å². The van der Waals surface area contributed by atoms with Crippen LogP contribution in [-0.2, 0) is 10.0 Å². The summed E-state index contributed by atoms with van der Waals surface area (Å²) in [6, 6.07) is 5.28. The van der Waals surface area contributed by atoms with Gasteiger partial charge in [0.05, 0.1) is 17.1 Å². The third-order valence-electron chi connectivity index (χ3n) is 5.19. The van der Waals surface area contributed by atoms with Gasteiger partial charge >= 0.3 is 0 Å². The molecule has 1 atom stereocenters. The van der Waals surface area contributed by atoms with Crippen LogP contribution in [0.2, 0.25) is 5.02 Å². The Hall–Kier alpha value is -2.56. The van der Waals surface area contributed by atoms with E-state index in [0.29, 0.717) is 12.0 Å². The molecule has 0 amide bonds. The molecular weight excluding hydrogens is 497 g/mol. The number of rotatable bonds is 7. The highest BCUT2D eigenvalue weighted by molar-refractivity contribution is 7.92. The van der Waals surface area contributed by atoms with Crippen molar-refractivity contribution in [3.8, 4) is 5.75 Å². The molecule has 1 heterocycles. The number of ether oxygens (including phenoxy) is 1. The van der Waals surface area contributed by atoms with Crippen molar-refractivity contribution in [3.05, 3.63) is 75.3 Å². The van der Waals surface area contributed by atoms with Gasteiger partial charge in [-0.15, -0.1) is 11.3 Å². The lowest BCUT2D eigenvalue weighted by Crippen LogP contribution is -2.18. The summed E-state index contributed by atoms with van der Waals surface area (Å²) in [4.78, 5) is 3.18. The highest BCUT2D eigenvalue weighted by Crippen LogP contribution is 2.36. The molecule has 0 bridgehead atoms. The van der Waals surface area contributed by atoms with Crippen molar-refractivity contribution in [2.24, 2.45) is 5.92 Å². The summed E-state index contributed by atoms with van der Waals surface area (Å²) >= 11 is 7.37. The van der Waals surface area contributed by atoms with Gasteiger partial charge in [-0.1, -0.05) is 17.7 Å². The fourth-order valence-electron chi connectivity index (χ4n) is 3.64. The Morgan fingerprint density at radius 3 is 2.73 bits per heavy atom. The highest BCUT2D eigenvalue weighted by atomic mass is 35.5. The Morgan fingerprint density at radius 2 is 2.00 bits per heavy atom. The van der Waals surface area contributed by atoms with E-state index in [1.54, 1.807) is 0 Å². The molecule has 0 aliphatic heterocycles. The number of halogens is 4. The van der Waals surface area contributed by atoms with Gasteiger partial charge in [0.1, 0.15) is 28.1 Å². The van der Waals surface area contributed by atoms with Gasteiger partial charge in [0, 0.05) is 29.0 Å². The van der Waals surface area contributed by atoms with E-state index in [9.17, 15) is 21.6 Å². The lowest BCUT2D eigenvalue weighted by atomic mass is 9.84. The molecule has 11 heteroatoms. The van der Waals surface area contributed by atoms with Gasteiger partial charge in [0.25, 0.3) is 10.0 Å². The second-order valence-electron chi connectivity index (χ2n) is 7.41. The zero-order chi connectivity index (χ0) is 23.6. The number of sulfonamides is 1. The number of benzene rings is 2. The number of hydrogen-bond donors (Lipinski definition) is 1. The number of nitrogens with zero attached hydrogens (tertiary/aromatic N) is 1. The normalized spacial score (nSPS) is 16.4. The fraction of sp³-hybridized carbons (Fsp3) is 0.227. The molecule has 1 aliphatic carbocycles. The third-order valence-corrected chi connectivity index (χ3v) is 7.44. The van der Waals surface area contributed by atoms with Crippen molar-refractivity contribution in [3.63, 3.8) is 0 Å². The van der Waals surface area contributed by atoms with Crippen molar-refractivity contribution in [2.45, 2.75) is 24.2 Å². The number of nitrogens with one attached hydrogen (secondary N) is 1. The average molecular weight is 515 g/mol. The van der Waals surface area contributed by atoms with Gasteiger partial charge in [-0.2, -0.15) is 0 Å². The molecule has 3 aromatic rings. The topological polar surface area (TPSA) is 68.3 Å². The SMILES string of the molecule is O=S(=O)(Nc1cscn1)c1cc(Cl)c(OCC2CCCC=C2c2ccc(F)cc2F)cc1F. The van der Waals surface area contributed by atoms with Crippen LogP contribution < -0.4 is 9.46 Å². The quantitative estimate of drug-likeness (QED) is 0.403. The van der Waals surface area contributed by atoms with Crippen LogP contribution in [0.3, 0.4) is 0 Å². The van der Waals surface area contributed by atoms with E-state index < -0.39 is 32.4 Å². The maximum absolute atomic E-state index is 14.7. The van der Waals surface area contributed by atoms with Crippen molar-refractivity contribution in [1.82, 2.24) is 4.98 Å². The molecule has 174 valence electrons. The van der Waals surface area contributed by atoms with Gasteiger partial charge < -0.3 is 4.74 Å². The van der Waals surface area contributed by atoms with Crippen LogP contribution in [0.15, 0.2) is 52.2 Å². The molecule has 0 radical (unpaired) electrons. The molecule has 0 spiro atoms. The second kappa shape index (κ2) is 9.74. The van der Waals surface area contributed by atoms with Gasteiger partial charge in [0.15, 0.2) is 5.82 Å². The first kappa shape index (κ1) is 23.6. The van der Waals surface area contributed by atoms with E-state index >= 15 is 0 Å². The molecule has 2 aromatic carbocycles. The molecule has 0 fully saturated rings. The van der Waals surface area contributed by atoms with Gasteiger partial charge in [-0.25, -0.2) is 26.6 Å². The van der Waals surface area contributed by atoms with Gasteiger partial charge in [-0.3, -0.25) is 4.72 Å². The molecule has 0 saturated carbocycles.